The van der Waals surface area contributed by atoms with Crippen molar-refractivity contribution < 1.29 is 9.59 Å². The van der Waals surface area contributed by atoms with Crippen molar-refractivity contribution >= 4 is 17.5 Å². The average Bonchev–Trinajstić information content (AvgIpc) is 2.41. The SMILES string of the molecule is CC1CCC(N(C)C(=O)C2=NN(C)C(=O)CC2)CC1. The van der Waals surface area contributed by atoms with Gasteiger partial charge in [0, 0.05) is 33.0 Å². The van der Waals surface area contributed by atoms with Crippen LogP contribution in [0.4, 0.5) is 0 Å². The minimum absolute atomic E-state index is 0.0149. The van der Waals surface area contributed by atoms with E-state index in [4.69, 9.17) is 0 Å². The van der Waals surface area contributed by atoms with Gasteiger partial charge in [-0.2, -0.15) is 5.10 Å². The normalized spacial score (nSPS) is 28.1. The highest BCUT2D eigenvalue weighted by atomic mass is 16.2. The summed E-state index contributed by atoms with van der Waals surface area (Å²) in [5.41, 5.74) is 0.517. The standard InChI is InChI=1S/C14H23N3O2/c1-10-4-6-11(7-5-10)16(2)14(19)12-8-9-13(18)17(3)15-12/h10-11H,4-9H2,1-3H3. The summed E-state index contributed by atoms with van der Waals surface area (Å²) >= 11 is 0. The van der Waals surface area contributed by atoms with Gasteiger partial charge in [0.25, 0.3) is 5.91 Å². The molecule has 1 aliphatic carbocycles. The molecule has 0 unspecified atom stereocenters. The maximum absolute atomic E-state index is 12.4. The van der Waals surface area contributed by atoms with Crippen molar-refractivity contribution in [2.45, 2.75) is 51.5 Å². The summed E-state index contributed by atoms with van der Waals surface area (Å²) in [5, 5.41) is 5.39. The first-order chi connectivity index (χ1) is 8.99. The van der Waals surface area contributed by atoms with E-state index < -0.39 is 0 Å². The molecule has 2 amide bonds. The van der Waals surface area contributed by atoms with Crippen LogP contribution in [-0.4, -0.2) is 47.6 Å². The summed E-state index contributed by atoms with van der Waals surface area (Å²) in [4.78, 5) is 25.6. The van der Waals surface area contributed by atoms with E-state index in [2.05, 4.69) is 12.0 Å². The molecule has 5 heteroatoms. The molecule has 19 heavy (non-hydrogen) atoms. The first-order valence-corrected chi connectivity index (χ1v) is 7.10. The van der Waals surface area contributed by atoms with Gasteiger partial charge in [0.2, 0.25) is 5.91 Å². The van der Waals surface area contributed by atoms with Crippen molar-refractivity contribution in [3.05, 3.63) is 0 Å². The van der Waals surface area contributed by atoms with E-state index in [1.807, 2.05) is 11.9 Å². The highest BCUT2D eigenvalue weighted by Gasteiger charge is 2.29. The van der Waals surface area contributed by atoms with Crippen molar-refractivity contribution in [2.75, 3.05) is 14.1 Å². The van der Waals surface area contributed by atoms with Crippen LogP contribution < -0.4 is 0 Å². The van der Waals surface area contributed by atoms with Crippen LogP contribution >= 0.6 is 0 Å². The van der Waals surface area contributed by atoms with Gasteiger partial charge in [-0.05, 0) is 31.6 Å². The van der Waals surface area contributed by atoms with Crippen molar-refractivity contribution in [3.8, 4) is 0 Å². The van der Waals surface area contributed by atoms with Crippen molar-refractivity contribution in [3.63, 3.8) is 0 Å². The zero-order valence-corrected chi connectivity index (χ0v) is 12.1. The summed E-state index contributed by atoms with van der Waals surface area (Å²) in [5.74, 6) is 0.736. The summed E-state index contributed by atoms with van der Waals surface area (Å²) in [7, 11) is 3.47. The molecule has 0 N–H and O–H groups in total. The predicted molar refractivity (Wildman–Crippen MR) is 73.6 cm³/mol. The number of carbonyl (C=O) groups is 2. The van der Waals surface area contributed by atoms with E-state index in [1.165, 1.54) is 17.9 Å². The summed E-state index contributed by atoms with van der Waals surface area (Å²) in [6, 6.07) is 0.328. The lowest BCUT2D eigenvalue weighted by Gasteiger charge is -2.34. The van der Waals surface area contributed by atoms with Crippen LogP contribution in [0.25, 0.3) is 0 Å². The summed E-state index contributed by atoms with van der Waals surface area (Å²) in [6.45, 7) is 2.27. The van der Waals surface area contributed by atoms with Gasteiger partial charge in [0.15, 0.2) is 0 Å². The van der Waals surface area contributed by atoms with E-state index in [-0.39, 0.29) is 11.8 Å². The number of rotatable bonds is 2. The predicted octanol–water partition coefficient (Wildman–Crippen LogP) is 1.63. The van der Waals surface area contributed by atoms with Gasteiger partial charge < -0.3 is 4.90 Å². The number of hydrogen-bond donors (Lipinski definition) is 0. The van der Waals surface area contributed by atoms with Crippen molar-refractivity contribution in [2.24, 2.45) is 11.0 Å². The second kappa shape index (κ2) is 5.72. The fourth-order valence-electron chi connectivity index (χ4n) is 2.82. The third-order valence-electron chi connectivity index (χ3n) is 4.31. The van der Waals surface area contributed by atoms with E-state index in [1.54, 1.807) is 7.05 Å². The third kappa shape index (κ3) is 3.14. The molecule has 0 aromatic heterocycles. The Morgan fingerprint density at radius 3 is 2.47 bits per heavy atom. The smallest absolute Gasteiger partial charge is 0.270 e. The van der Waals surface area contributed by atoms with E-state index in [9.17, 15) is 9.59 Å². The molecule has 0 radical (unpaired) electrons. The van der Waals surface area contributed by atoms with Crippen LogP contribution in [0.15, 0.2) is 5.10 Å². The molecule has 1 saturated carbocycles. The van der Waals surface area contributed by atoms with Gasteiger partial charge in [-0.3, -0.25) is 9.59 Å². The second-order valence-electron chi connectivity index (χ2n) is 5.79. The largest absolute Gasteiger partial charge is 0.338 e. The Hall–Kier alpha value is -1.39. The number of nitrogens with zero attached hydrogens (tertiary/aromatic N) is 3. The Kier molecular flexibility index (Phi) is 4.22. The first-order valence-electron chi connectivity index (χ1n) is 7.10. The maximum atomic E-state index is 12.4. The Morgan fingerprint density at radius 1 is 1.26 bits per heavy atom. The van der Waals surface area contributed by atoms with Crippen LogP contribution in [0, 0.1) is 5.92 Å². The van der Waals surface area contributed by atoms with Crippen LogP contribution in [0.2, 0.25) is 0 Å². The van der Waals surface area contributed by atoms with Crippen LogP contribution in [0.3, 0.4) is 0 Å². The van der Waals surface area contributed by atoms with Crippen molar-refractivity contribution in [1.82, 2.24) is 9.91 Å². The summed E-state index contributed by atoms with van der Waals surface area (Å²) < 4.78 is 0. The lowest BCUT2D eigenvalue weighted by molar-refractivity contribution is -0.131. The Balaban J connectivity index is 1.99. The van der Waals surface area contributed by atoms with Gasteiger partial charge in [0.1, 0.15) is 5.71 Å². The molecule has 0 aromatic rings. The van der Waals surface area contributed by atoms with Gasteiger partial charge in [-0.25, -0.2) is 5.01 Å². The first kappa shape index (κ1) is 14.0. The number of hydrogen-bond acceptors (Lipinski definition) is 3. The molecule has 2 rings (SSSR count). The molecular weight excluding hydrogens is 242 g/mol. The Bertz CT molecular complexity index is 397. The second-order valence-corrected chi connectivity index (χ2v) is 5.79. The van der Waals surface area contributed by atoms with Crippen LogP contribution in [0.5, 0.6) is 0 Å². The molecular formula is C14H23N3O2. The lowest BCUT2D eigenvalue weighted by atomic mass is 9.86. The molecule has 0 saturated heterocycles. The van der Waals surface area contributed by atoms with Crippen LogP contribution in [-0.2, 0) is 9.59 Å². The molecule has 0 atom stereocenters. The topological polar surface area (TPSA) is 53.0 Å². The lowest BCUT2D eigenvalue weighted by Crippen LogP contribution is -2.44. The molecule has 106 valence electrons. The van der Waals surface area contributed by atoms with Gasteiger partial charge >= 0.3 is 0 Å². The fraction of sp³-hybridized carbons (Fsp3) is 0.786. The number of carbonyl (C=O) groups excluding carboxylic acids is 2. The zero-order chi connectivity index (χ0) is 14.0. The monoisotopic (exact) mass is 265 g/mol. The van der Waals surface area contributed by atoms with E-state index in [0.717, 1.165) is 18.8 Å². The third-order valence-corrected chi connectivity index (χ3v) is 4.31. The minimum atomic E-state index is -0.0225. The van der Waals surface area contributed by atoms with Crippen molar-refractivity contribution in [1.29, 1.82) is 0 Å². The Morgan fingerprint density at radius 2 is 1.89 bits per heavy atom. The molecule has 1 aliphatic heterocycles. The fourth-order valence-corrected chi connectivity index (χ4v) is 2.82. The Labute approximate surface area is 114 Å². The molecule has 1 heterocycles. The molecule has 0 bridgehead atoms. The van der Waals surface area contributed by atoms with Crippen LogP contribution in [0.1, 0.15) is 45.4 Å². The van der Waals surface area contributed by atoms with Gasteiger partial charge in [-0.15, -0.1) is 0 Å². The van der Waals surface area contributed by atoms with Gasteiger partial charge in [0.05, 0.1) is 0 Å². The van der Waals surface area contributed by atoms with Gasteiger partial charge in [-0.1, -0.05) is 6.92 Å². The zero-order valence-electron chi connectivity index (χ0n) is 12.1. The quantitative estimate of drug-likeness (QED) is 0.762. The number of amides is 2. The average molecular weight is 265 g/mol. The van der Waals surface area contributed by atoms with E-state index >= 15 is 0 Å². The molecule has 0 aromatic carbocycles. The minimum Gasteiger partial charge on any atom is -0.338 e. The molecule has 1 fully saturated rings. The molecule has 2 aliphatic rings. The number of hydrazone groups is 1. The molecule has 0 spiro atoms. The van der Waals surface area contributed by atoms with E-state index in [0.29, 0.717) is 24.6 Å². The maximum Gasteiger partial charge on any atom is 0.270 e. The molecule has 5 nitrogen and oxygen atoms in total. The highest BCUT2D eigenvalue weighted by molar-refractivity contribution is 6.39. The summed E-state index contributed by atoms with van der Waals surface area (Å²) in [6.07, 6.45) is 5.38. The highest BCUT2D eigenvalue weighted by Crippen LogP contribution is 2.26.